The van der Waals surface area contributed by atoms with Crippen molar-refractivity contribution in [3.8, 4) is 11.5 Å². The molecule has 0 aliphatic carbocycles. The quantitative estimate of drug-likeness (QED) is 0.0299. The molecule has 17 nitrogen and oxygen atoms in total. The number of carbonyl (C=O) groups is 6. The van der Waals surface area contributed by atoms with Crippen LogP contribution < -0.4 is 30.4 Å². The number of hydrogen-bond acceptors (Lipinski definition) is 12. The number of alkyl carbamates (subject to hydrolysis) is 1. The highest BCUT2D eigenvalue weighted by Gasteiger charge is 2.48. The second kappa shape index (κ2) is 24.4. The summed E-state index contributed by atoms with van der Waals surface area (Å²) < 4.78 is 29.2. The highest BCUT2D eigenvalue weighted by molar-refractivity contribution is 6.78. The van der Waals surface area contributed by atoms with E-state index in [-0.39, 0.29) is 65.7 Å². The zero-order valence-corrected chi connectivity index (χ0v) is 41.2. The third-order valence-electron chi connectivity index (χ3n) is 11.8. The molecule has 0 bridgehead atoms. The summed E-state index contributed by atoms with van der Waals surface area (Å²) in [5, 5.41) is 21.0. The maximum atomic E-state index is 14.5. The van der Waals surface area contributed by atoms with E-state index in [0.29, 0.717) is 22.6 Å². The normalized spacial score (nSPS) is 15.7. The van der Waals surface area contributed by atoms with E-state index < -0.39 is 75.0 Å². The van der Waals surface area contributed by atoms with Gasteiger partial charge in [-0.1, -0.05) is 98.4 Å². The number of hydrogen-bond donors (Lipinski definition) is 5. The molecule has 1 saturated heterocycles. The average molecular weight is 946 g/mol. The van der Waals surface area contributed by atoms with Crippen molar-refractivity contribution < 1.29 is 57.2 Å². The third-order valence-corrected chi connectivity index (χ3v) is 17.8. The molecular weight excluding hydrogens is 879 g/mol. The Morgan fingerprint density at radius 3 is 2.01 bits per heavy atom. The molecule has 0 saturated carbocycles. The second-order valence-corrected chi connectivity index (χ2v) is 23.1. The average Bonchev–Trinajstić information content (AvgIpc) is 3.71. The Balaban J connectivity index is 1.52. The fraction of sp³-hybridized carbons (Fsp3) is 0.469. The van der Waals surface area contributed by atoms with Gasteiger partial charge in [0.1, 0.15) is 37.2 Å². The molecule has 0 aromatic heterocycles. The minimum absolute atomic E-state index is 0.00799. The van der Waals surface area contributed by atoms with Crippen molar-refractivity contribution in [2.75, 3.05) is 37.5 Å². The van der Waals surface area contributed by atoms with Gasteiger partial charge in [0.05, 0.1) is 43.1 Å². The van der Waals surface area contributed by atoms with Crippen LogP contribution in [0.3, 0.4) is 0 Å². The first kappa shape index (κ1) is 53.2. The molecule has 364 valence electrons. The number of anilines is 2. The zero-order valence-electron chi connectivity index (χ0n) is 40.2. The molecule has 18 heteroatoms. The van der Waals surface area contributed by atoms with E-state index in [1.165, 1.54) is 31.1 Å². The number of aliphatic hydroxyl groups is 1. The molecule has 4 atom stereocenters. The van der Waals surface area contributed by atoms with Crippen molar-refractivity contribution in [2.45, 2.75) is 116 Å². The van der Waals surface area contributed by atoms with Crippen LogP contribution in [0.15, 0.2) is 79.4 Å². The molecule has 5 N–H and O–H groups in total. The first-order valence-corrected chi connectivity index (χ1v) is 24.7. The van der Waals surface area contributed by atoms with Crippen LogP contribution in [0, 0.1) is 5.92 Å². The lowest BCUT2D eigenvalue weighted by Gasteiger charge is -2.42. The van der Waals surface area contributed by atoms with Gasteiger partial charge >= 0.3 is 18.2 Å². The predicted molar refractivity (Wildman–Crippen MR) is 257 cm³/mol. The molecule has 1 aliphatic heterocycles. The number of carbonyl (C=O) groups excluding carboxylic acids is 6. The van der Waals surface area contributed by atoms with Crippen LogP contribution in [0.1, 0.15) is 95.0 Å². The topological polar surface area (TPSA) is 220 Å². The number of esters is 1. The molecule has 1 aliphatic rings. The summed E-state index contributed by atoms with van der Waals surface area (Å²) in [7, 11) is -1.12. The number of likely N-dealkylation sites (tertiary alicyclic amines) is 1. The number of nitrogens with one attached hydrogen (secondary N) is 4. The van der Waals surface area contributed by atoms with Crippen molar-refractivity contribution in [1.82, 2.24) is 15.5 Å². The lowest BCUT2D eigenvalue weighted by molar-refractivity contribution is -0.128. The van der Waals surface area contributed by atoms with Gasteiger partial charge in [0.25, 0.3) is 14.2 Å². The maximum absolute atomic E-state index is 14.5. The summed E-state index contributed by atoms with van der Waals surface area (Å²) in [5.74, 6) is -1.86. The number of aliphatic hydroxyl groups excluding tert-OH is 1. The summed E-state index contributed by atoms with van der Waals surface area (Å²) in [5.41, 5.74) is 1.99. The lowest BCUT2D eigenvalue weighted by atomic mass is 10.0. The summed E-state index contributed by atoms with van der Waals surface area (Å²) in [6, 6.07) is 15.4. The van der Waals surface area contributed by atoms with E-state index in [1.807, 2.05) is 0 Å². The molecular formula is C49H67N5O12Si. The monoisotopic (exact) mass is 945 g/mol. The van der Waals surface area contributed by atoms with E-state index in [1.54, 1.807) is 74.5 Å². The van der Waals surface area contributed by atoms with Crippen molar-refractivity contribution >= 4 is 55.6 Å². The molecule has 5 amide bonds. The van der Waals surface area contributed by atoms with Gasteiger partial charge in [-0.05, 0) is 65.4 Å². The van der Waals surface area contributed by atoms with Gasteiger partial charge < -0.3 is 49.3 Å². The van der Waals surface area contributed by atoms with Crippen molar-refractivity contribution in [3.63, 3.8) is 0 Å². The minimum Gasteiger partial charge on any atom is -0.540 e. The Kier molecular flexibility index (Phi) is 19.4. The molecule has 3 aromatic carbocycles. The van der Waals surface area contributed by atoms with Gasteiger partial charge in [0.2, 0.25) is 11.8 Å². The fourth-order valence-electron chi connectivity index (χ4n) is 8.39. The zero-order chi connectivity index (χ0) is 49.6. The number of amides is 5. The number of nitrogens with zero attached hydrogens (tertiary/aromatic N) is 1. The van der Waals surface area contributed by atoms with Crippen LogP contribution in [0.5, 0.6) is 11.5 Å². The Labute approximate surface area is 394 Å². The third kappa shape index (κ3) is 13.8. The Morgan fingerprint density at radius 2 is 1.45 bits per heavy atom. The Morgan fingerprint density at radius 1 is 0.806 bits per heavy atom. The van der Waals surface area contributed by atoms with Gasteiger partial charge in [-0.25, -0.2) is 14.4 Å². The highest BCUT2D eigenvalue weighted by atomic mass is 28.4. The molecule has 0 spiro atoms. The highest BCUT2D eigenvalue weighted by Crippen LogP contribution is 2.46. The standard InChI is InChI=1S/C49H67N5O12Si/c1-12-22-63-49(61)53-43(29(2)3)45(57)50-33(10)44(56)51-36-20-18-34(19-21-36)28-64-48(60)52-40-25-42(66-67(30(4)5,31(6)7)32(8)9)41(62-11)24-39(40)46(58)54-26-38(23-37(54)27-55)65-47(59)35-16-14-13-15-17-35/h12-21,24-25,29-33,37-38,43,55H,1,22-23,26-28H2,2-11H3,(H,50,57)(H,51,56)(H,52,60)(H,53,61)/t33-,37+,38+,43-/m1/s1. The largest absolute Gasteiger partial charge is 0.540 e. The number of methoxy groups -OCH3 is 1. The van der Waals surface area contributed by atoms with E-state index in [9.17, 15) is 33.9 Å². The SMILES string of the molecule is C=CCOC(=O)N[C@@H](C(=O)N[C@H](C)C(=O)Nc1ccc(COC(=O)Nc2cc(O[Si](C(C)C)(C(C)C)C(C)C)c(OC)cc2C(=O)N2C[C@@H](OC(=O)c3ccccc3)C[C@H]2CO)cc1)C(C)C. The molecule has 0 unspecified atom stereocenters. The van der Waals surface area contributed by atoms with Crippen LogP contribution in [0.25, 0.3) is 0 Å². The predicted octanol–water partition coefficient (Wildman–Crippen LogP) is 7.81. The van der Waals surface area contributed by atoms with Gasteiger partial charge in [0.15, 0.2) is 5.75 Å². The molecule has 1 fully saturated rings. The van der Waals surface area contributed by atoms with Crippen LogP contribution in [0.2, 0.25) is 16.6 Å². The molecule has 1 heterocycles. The Bertz CT molecular complexity index is 2180. The van der Waals surface area contributed by atoms with Crippen molar-refractivity contribution in [2.24, 2.45) is 5.92 Å². The number of benzene rings is 3. The summed E-state index contributed by atoms with van der Waals surface area (Å²) in [6.07, 6.45) is -0.782. The van der Waals surface area contributed by atoms with E-state index in [4.69, 9.17) is 23.4 Å². The molecule has 4 rings (SSSR count). The van der Waals surface area contributed by atoms with Gasteiger partial charge in [-0.3, -0.25) is 19.7 Å². The maximum Gasteiger partial charge on any atom is 0.411 e. The fourth-order valence-corrected chi connectivity index (χ4v) is 13.6. The number of ether oxygens (including phenoxy) is 4. The van der Waals surface area contributed by atoms with Crippen LogP contribution >= 0.6 is 0 Å². The number of rotatable bonds is 21. The van der Waals surface area contributed by atoms with E-state index >= 15 is 0 Å². The first-order valence-electron chi connectivity index (χ1n) is 22.5. The van der Waals surface area contributed by atoms with Gasteiger partial charge in [0, 0.05) is 18.2 Å². The van der Waals surface area contributed by atoms with Crippen LogP contribution in [-0.4, -0.2) is 105 Å². The van der Waals surface area contributed by atoms with E-state index in [0.717, 1.165) is 0 Å². The minimum atomic E-state index is -2.59. The second-order valence-electron chi connectivity index (χ2n) is 17.8. The van der Waals surface area contributed by atoms with Crippen LogP contribution in [-0.2, 0) is 30.4 Å². The summed E-state index contributed by atoms with van der Waals surface area (Å²) >= 11 is 0. The molecule has 67 heavy (non-hydrogen) atoms. The molecule has 0 radical (unpaired) electrons. The van der Waals surface area contributed by atoms with Gasteiger partial charge in [-0.15, -0.1) is 0 Å². The van der Waals surface area contributed by atoms with Crippen molar-refractivity contribution in [1.29, 1.82) is 0 Å². The smallest absolute Gasteiger partial charge is 0.411 e. The lowest BCUT2D eigenvalue weighted by Crippen LogP contribution is -2.53. The summed E-state index contributed by atoms with van der Waals surface area (Å²) in [4.78, 5) is 80.6. The van der Waals surface area contributed by atoms with Crippen molar-refractivity contribution in [3.05, 3.63) is 96.1 Å². The summed E-state index contributed by atoms with van der Waals surface area (Å²) in [6.45, 7) is 20.7. The van der Waals surface area contributed by atoms with Crippen LogP contribution in [0.4, 0.5) is 21.0 Å². The first-order chi connectivity index (χ1) is 31.7. The Hall–Kier alpha value is -6.40. The van der Waals surface area contributed by atoms with Gasteiger partial charge in [-0.2, -0.15) is 0 Å². The van der Waals surface area contributed by atoms with E-state index in [2.05, 4.69) is 69.4 Å². The molecule has 3 aromatic rings.